The van der Waals surface area contributed by atoms with Crippen molar-refractivity contribution in [2.45, 2.75) is 44.7 Å². The molecule has 110 valence electrons. The third kappa shape index (κ3) is 3.33. The van der Waals surface area contributed by atoms with Gasteiger partial charge in [0.15, 0.2) is 0 Å². The summed E-state index contributed by atoms with van der Waals surface area (Å²) in [5.74, 6) is 1.04. The van der Waals surface area contributed by atoms with E-state index in [1.54, 1.807) is 7.11 Å². The Morgan fingerprint density at radius 3 is 2.80 bits per heavy atom. The van der Waals surface area contributed by atoms with Crippen LogP contribution in [-0.2, 0) is 13.0 Å². The number of nitrogens with zero attached hydrogens (tertiary/aromatic N) is 1. The fourth-order valence-electron chi connectivity index (χ4n) is 3.48. The van der Waals surface area contributed by atoms with Crippen LogP contribution in [0.3, 0.4) is 0 Å². The zero-order chi connectivity index (χ0) is 13.8. The molecule has 0 aromatic heterocycles. The molecule has 3 nitrogen and oxygen atoms in total. The average Bonchev–Trinajstić information content (AvgIpc) is 3.13. The van der Waals surface area contributed by atoms with Crippen LogP contribution in [0.4, 0.5) is 0 Å². The topological polar surface area (TPSA) is 24.5 Å². The van der Waals surface area contributed by atoms with Crippen molar-refractivity contribution in [2.75, 3.05) is 26.7 Å². The third-order valence-corrected chi connectivity index (χ3v) is 4.58. The number of methoxy groups -OCH3 is 1. The molecule has 2 heterocycles. The summed E-state index contributed by atoms with van der Waals surface area (Å²) in [4.78, 5) is 2.54. The Labute approximate surface area is 122 Å². The molecular weight excluding hydrogens is 248 g/mol. The maximum Gasteiger partial charge on any atom is 0.123 e. The molecular formula is C17H26N2O. The van der Waals surface area contributed by atoms with E-state index in [1.165, 1.54) is 56.4 Å². The highest BCUT2D eigenvalue weighted by Gasteiger charge is 2.17. The predicted octanol–water partition coefficient (Wildman–Crippen LogP) is 2.59. The molecule has 0 radical (unpaired) electrons. The van der Waals surface area contributed by atoms with Crippen LogP contribution in [0.2, 0.25) is 0 Å². The number of rotatable bonds is 5. The van der Waals surface area contributed by atoms with Crippen LogP contribution in [0, 0.1) is 0 Å². The van der Waals surface area contributed by atoms with Crippen molar-refractivity contribution >= 4 is 0 Å². The highest BCUT2D eigenvalue weighted by atomic mass is 16.5. The molecule has 1 atom stereocenters. The van der Waals surface area contributed by atoms with E-state index in [9.17, 15) is 0 Å². The molecule has 1 N–H and O–H groups in total. The van der Waals surface area contributed by atoms with E-state index in [2.05, 4.69) is 28.4 Å². The van der Waals surface area contributed by atoms with E-state index in [0.29, 0.717) is 6.04 Å². The first-order chi connectivity index (χ1) is 9.85. The lowest BCUT2D eigenvalue weighted by Gasteiger charge is -2.18. The van der Waals surface area contributed by atoms with Crippen LogP contribution in [-0.4, -0.2) is 37.7 Å². The lowest BCUT2D eigenvalue weighted by atomic mass is 10.0. The van der Waals surface area contributed by atoms with E-state index >= 15 is 0 Å². The zero-order valence-corrected chi connectivity index (χ0v) is 12.5. The maximum atomic E-state index is 5.54. The van der Waals surface area contributed by atoms with Crippen LogP contribution in [0.15, 0.2) is 18.2 Å². The minimum Gasteiger partial charge on any atom is -0.496 e. The van der Waals surface area contributed by atoms with Crippen LogP contribution < -0.4 is 10.1 Å². The summed E-state index contributed by atoms with van der Waals surface area (Å²) < 4.78 is 5.54. The summed E-state index contributed by atoms with van der Waals surface area (Å²) >= 11 is 0. The van der Waals surface area contributed by atoms with E-state index in [-0.39, 0.29) is 0 Å². The summed E-state index contributed by atoms with van der Waals surface area (Å²) in [5, 5.41) is 3.58. The zero-order valence-electron chi connectivity index (χ0n) is 12.5. The SMILES string of the molecule is COc1ccc(CC2CCCN2)cc1CN1CCCC1. The Morgan fingerprint density at radius 2 is 2.10 bits per heavy atom. The van der Waals surface area contributed by atoms with Gasteiger partial charge in [0.2, 0.25) is 0 Å². The second-order valence-corrected chi connectivity index (χ2v) is 6.13. The van der Waals surface area contributed by atoms with Gasteiger partial charge in [0.1, 0.15) is 5.75 Å². The molecule has 2 saturated heterocycles. The summed E-state index contributed by atoms with van der Waals surface area (Å²) in [5.41, 5.74) is 2.80. The van der Waals surface area contributed by atoms with E-state index in [4.69, 9.17) is 4.74 Å². The minimum atomic E-state index is 0.669. The van der Waals surface area contributed by atoms with Crippen LogP contribution in [0.25, 0.3) is 0 Å². The lowest BCUT2D eigenvalue weighted by molar-refractivity contribution is 0.320. The summed E-state index contributed by atoms with van der Waals surface area (Å²) in [6.45, 7) is 4.69. The van der Waals surface area contributed by atoms with Crippen molar-refractivity contribution < 1.29 is 4.74 Å². The van der Waals surface area contributed by atoms with Crippen LogP contribution in [0.1, 0.15) is 36.8 Å². The van der Waals surface area contributed by atoms with Crippen molar-refractivity contribution in [3.63, 3.8) is 0 Å². The fraction of sp³-hybridized carbons (Fsp3) is 0.647. The lowest BCUT2D eigenvalue weighted by Crippen LogP contribution is -2.24. The first-order valence-corrected chi connectivity index (χ1v) is 7.96. The number of benzene rings is 1. The molecule has 3 rings (SSSR count). The number of hydrogen-bond donors (Lipinski definition) is 1. The summed E-state index contributed by atoms with van der Waals surface area (Å²) in [6, 6.07) is 7.40. The van der Waals surface area contributed by atoms with Crippen LogP contribution in [0.5, 0.6) is 5.75 Å². The van der Waals surface area contributed by atoms with Gasteiger partial charge < -0.3 is 10.1 Å². The predicted molar refractivity (Wildman–Crippen MR) is 82.2 cm³/mol. The van der Waals surface area contributed by atoms with Crippen molar-refractivity contribution in [1.82, 2.24) is 10.2 Å². The Bertz CT molecular complexity index is 435. The van der Waals surface area contributed by atoms with Crippen molar-refractivity contribution in [2.24, 2.45) is 0 Å². The van der Waals surface area contributed by atoms with Crippen LogP contribution >= 0.6 is 0 Å². The molecule has 1 unspecified atom stereocenters. The molecule has 2 fully saturated rings. The second kappa shape index (κ2) is 6.59. The summed E-state index contributed by atoms with van der Waals surface area (Å²) in [6.07, 6.45) is 6.47. The molecule has 0 amide bonds. The van der Waals surface area contributed by atoms with Crippen molar-refractivity contribution in [3.05, 3.63) is 29.3 Å². The third-order valence-electron chi connectivity index (χ3n) is 4.58. The Morgan fingerprint density at radius 1 is 1.25 bits per heavy atom. The Kier molecular flexibility index (Phi) is 4.58. The largest absolute Gasteiger partial charge is 0.496 e. The molecule has 2 aliphatic heterocycles. The van der Waals surface area contributed by atoms with Gasteiger partial charge in [0, 0.05) is 18.2 Å². The van der Waals surface area contributed by atoms with E-state index in [1.807, 2.05) is 0 Å². The maximum absolute atomic E-state index is 5.54. The number of ether oxygens (including phenoxy) is 1. The van der Waals surface area contributed by atoms with Gasteiger partial charge in [-0.3, -0.25) is 4.90 Å². The minimum absolute atomic E-state index is 0.669. The standard InChI is InChI=1S/C17H26N2O/c1-20-17-7-6-14(12-16-5-4-8-18-16)11-15(17)13-19-9-2-3-10-19/h6-7,11,16,18H,2-5,8-10,12-13H2,1H3. The van der Waals surface area contributed by atoms with Gasteiger partial charge in [0.25, 0.3) is 0 Å². The molecule has 3 heteroatoms. The smallest absolute Gasteiger partial charge is 0.123 e. The Balaban J connectivity index is 1.71. The fourth-order valence-corrected chi connectivity index (χ4v) is 3.48. The highest BCUT2D eigenvalue weighted by Crippen LogP contribution is 2.24. The molecule has 1 aromatic rings. The van der Waals surface area contributed by atoms with Gasteiger partial charge in [-0.05, 0) is 63.4 Å². The van der Waals surface area contributed by atoms with Crippen molar-refractivity contribution in [3.8, 4) is 5.75 Å². The van der Waals surface area contributed by atoms with Crippen molar-refractivity contribution in [1.29, 1.82) is 0 Å². The molecule has 2 aliphatic rings. The number of nitrogens with one attached hydrogen (secondary N) is 1. The number of likely N-dealkylation sites (tertiary alicyclic amines) is 1. The monoisotopic (exact) mass is 274 g/mol. The van der Waals surface area contributed by atoms with Gasteiger partial charge in [-0.2, -0.15) is 0 Å². The molecule has 0 spiro atoms. The number of hydrogen-bond acceptors (Lipinski definition) is 3. The van der Waals surface area contributed by atoms with Gasteiger partial charge in [-0.25, -0.2) is 0 Å². The second-order valence-electron chi connectivity index (χ2n) is 6.13. The molecule has 20 heavy (non-hydrogen) atoms. The van der Waals surface area contributed by atoms with Gasteiger partial charge in [-0.1, -0.05) is 12.1 Å². The van der Waals surface area contributed by atoms with Gasteiger partial charge >= 0.3 is 0 Å². The van der Waals surface area contributed by atoms with E-state index < -0.39 is 0 Å². The van der Waals surface area contributed by atoms with E-state index in [0.717, 1.165) is 18.7 Å². The normalized spacial score (nSPS) is 23.4. The molecule has 0 saturated carbocycles. The molecule has 0 bridgehead atoms. The highest BCUT2D eigenvalue weighted by molar-refractivity contribution is 5.37. The average molecular weight is 274 g/mol. The first-order valence-electron chi connectivity index (χ1n) is 7.96. The van der Waals surface area contributed by atoms with Gasteiger partial charge in [0.05, 0.1) is 7.11 Å². The summed E-state index contributed by atoms with van der Waals surface area (Å²) in [7, 11) is 1.78. The first kappa shape index (κ1) is 13.9. The van der Waals surface area contributed by atoms with Gasteiger partial charge in [-0.15, -0.1) is 0 Å². The molecule has 0 aliphatic carbocycles. The molecule has 1 aromatic carbocycles. The Hall–Kier alpha value is -1.06. The quantitative estimate of drug-likeness (QED) is 0.893.